The molecule has 9 rings (SSSR count). The molecule has 0 saturated carbocycles. The molecule has 89 heavy (non-hydrogen) atoms. The Morgan fingerprint density at radius 1 is 0.438 bits per heavy atom. The number of rotatable bonds is 15. The van der Waals surface area contributed by atoms with E-state index in [1.165, 1.54) is 81.1 Å². The number of nitrogen functional groups attached to an aromatic ring is 1. The van der Waals surface area contributed by atoms with Crippen molar-refractivity contribution in [3.63, 3.8) is 0 Å². The first kappa shape index (κ1) is 76.9. The standard InChI is InChI=1S/C16H18O.C13H14.C10H14O.C9H11NO2.C9H13N.C9H12O.C9H12.C7H16.2H2/c1-13(2)15-8-10-16(11-9-15)17-12-14-6-4-3-5-7-14;1-10(2)12-9-5-7-11-6-3-4-8-13(11)12;1-8(2)9-4-6-10(11-3)7-5-9;1-7(2)8-3-5-9(6-4-8)10(11)12;2*1-7(2)8-3-5-9(10)6-4-8;1-8(2)9-6-4-3-5-7-9;1-4-5-6-7(2)3;;/h3-11,13H,12H2,1-2H3;3-10H,1-2H3;4-8H,1-3H3;3-7H,1-2H3;3-7H,10H2,1-2H3;3-7,10H,1-2H3;3-8H,1-2H3;7H,4-6H2,1-3H3;2*1H. The number of nitrogens with zero attached hydrogens (tertiary/aromatic N) is 1. The lowest BCUT2D eigenvalue weighted by molar-refractivity contribution is -0.384. The quantitative estimate of drug-likeness (QED) is 0.0601. The highest BCUT2D eigenvalue weighted by Gasteiger charge is 2.07. The van der Waals surface area contributed by atoms with Gasteiger partial charge in [0.1, 0.15) is 23.9 Å². The minimum absolute atomic E-state index is 0. The third kappa shape index (κ3) is 32.6. The van der Waals surface area contributed by atoms with E-state index in [1.54, 1.807) is 31.4 Å². The number of methoxy groups -OCH3 is 1. The predicted molar refractivity (Wildman–Crippen MR) is 390 cm³/mol. The van der Waals surface area contributed by atoms with Crippen molar-refractivity contribution in [3.05, 3.63) is 279 Å². The smallest absolute Gasteiger partial charge is 0.269 e. The van der Waals surface area contributed by atoms with Crippen molar-refractivity contribution in [3.8, 4) is 17.2 Å². The number of nitro groups is 1. The van der Waals surface area contributed by atoms with E-state index >= 15 is 0 Å². The molecule has 0 atom stereocenters. The number of unbranched alkanes of at least 4 members (excludes halogenated alkanes) is 1. The van der Waals surface area contributed by atoms with Gasteiger partial charge < -0.3 is 20.3 Å². The van der Waals surface area contributed by atoms with Crippen LogP contribution in [0.3, 0.4) is 0 Å². The summed E-state index contributed by atoms with van der Waals surface area (Å²) in [4.78, 5) is 9.90. The van der Waals surface area contributed by atoms with E-state index < -0.39 is 0 Å². The zero-order chi connectivity index (χ0) is 66.3. The van der Waals surface area contributed by atoms with Crippen molar-refractivity contribution in [2.24, 2.45) is 5.92 Å². The number of phenols is 1. The molecular weight excluding hydrogens is 1090 g/mol. The number of benzene rings is 9. The maximum atomic E-state index is 10.3. The summed E-state index contributed by atoms with van der Waals surface area (Å²) in [5.41, 5.74) is 17.0. The van der Waals surface area contributed by atoms with E-state index in [2.05, 4.69) is 233 Å². The number of fused-ring (bicyclic) bond motifs is 1. The van der Waals surface area contributed by atoms with Crippen molar-refractivity contribution in [2.45, 2.75) is 185 Å². The van der Waals surface area contributed by atoms with Gasteiger partial charge in [0.25, 0.3) is 5.69 Å². The zero-order valence-electron chi connectivity index (χ0n) is 57.4. The van der Waals surface area contributed by atoms with Crippen molar-refractivity contribution in [2.75, 3.05) is 12.8 Å². The maximum absolute atomic E-state index is 10.3. The summed E-state index contributed by atoms with van der Waals surface area (Å²) in [7, 11) is 1.68. The highest BCUT2D eigenvalue weighted by Crippen LogP contribution is 2.26. The summed E-state index contributed by atoms with van der Waals surface area (Å²) in [5.74, 6) is 7.08. The molecule has 7 nitrogen and oxygen atoms in total. The Bertz CT molecular complexity index is 3160. The number of nitro benzene ring substituents is 1. The molecule has 0 heterocycles. The number of hydrogen-bond acceptors (Lipinski definition) is 6. The number of ether oxygens (including phenoxy) is 2. The summed E-state index contributed by atoms with van der Waals surface area (Å²) in [6, 6.07) is 74.4. The molecule has 0 saturated heterocycles. The highest BCUT2D eigenvalue weighted by molar-refractivity contribution is 5.86. The van der Waals surface area contributed by atoms with Crippen LogP contribution < -0.4 is 15.2 Å². The Morgan fingerprint density at radius 2 is 0.809 bits per heavy atom. The molecule has 0 aromatic heterocycles. The fourth-order valence-electron chi connectivity index (χ4n) is 8.60. The summed E-state index contributed by atoms with van der Waals surface area (Å²) in [6.07, 6.45) is 4.15. The molecule has 0 aliphatic heterocycles. The Hall–Kier alpha value is -8.16. The topological polar surface area (TPSA) is 108 Å². The minimum Gasteiger partial charge on any atom is -0.508 e. The van der Waals surface area contributed by atoms with Gasteiger partial charge in [-0.15, -0.1) is 0 Å². The largest absolute Gasteiger partial charge is 0.508 e. The van der Waals surface area contributed by atoms with Crippen LogP contribution in [0.15, 0.2) is 224 Å². The predicted octanol–water partition coefficient (Wildman–Crippen LogP) is 24.9. The van der Waals surface area contributed by atoms with Gasteiger partial charge in [-0.2, -0.15) is 0 Å². The Labute approximate surface area is 541 Å². The number of nitrogens with two attached hydrogens (primary N) is 1. The summed E-state index contributed by atoms with van der Waals surface area (Å²) in [5, 5.41) is 22.0. The lowest BCUT2D eigenvalue weighted by Crippen LogP contribution is -1.95. The van der Waals surface area contributed by atoms with Crippen molar-refractivity contribution < 1.29 is 22.4 Å². The first-order chi connectivity index (χ1) is 42.4. The number of anilines is 1. The molecule has 0 radical (unpaired) electrons. The monoisotopic (exact) mass is 1210 g/mol. The maximum Gasteiger partial charge on any atom is 0.269 e. The third-order valence-electron chi connectivity index (χ3n) is 14.6. The minimum atomic E-state index is -0.385. The molecule has 0 fully saturated rings. The van der Waals surface area contributed by atoms with Gasteiger partial charge in [0.05, 0.1) is 12.0 Å². The fourth-order valence-corrected chi connectivity index (χ4v) is 8.60. The first-order valence-electron chi connectivity index (χ1n) is 32.2. The fraction of sp³-hybridized carbons (Fsp3) is 0.366. The van der Waals surface area contributed by atoms with Crippen LogP contribution in [0, 0.1) is 16.0 Å². The zero-order valence-corrected chi connectivity index (χ0v) is 57.4. The van der Waals surface area contributed by atoms with Crippen LogP contribution in [0.2, 0.25) is 0 Å². The first-order valence-corrected chi connectivity index (χ1v) is 32.2. The van der Waals surface area contributed by atoms with Crippen LogP contribution in [0.4, 0.5) is 11.4 Å². The van der Waals surface area contributed by atoms with E-state index in [9.17, 15) is 10.1 Å². The molecule has 0 bridgehead atoms. The van der Waals surface area contributed by atoms with E-state index in [-0.39, 0.29) is 13.5 Å². The second kappa shape index (κ2) is 43.5. The van der Waals surface area contributed by atoms with Crippen LogP contribution >= 0.6 is 0 Å². The summed E-state index contributed by atoms with van der Waals surface area (Å²) < 4.78 is 10.8. The summed E-state index contributed by atoms with van der Waals surface area (Å²) in [6.45, 7) is 37.8. The lowest BCUT2D eigenvalue weighted by Gasteiger charge is -2.08. The van der Waals surface area contributed by atoms with E-state index in [4.69, 9.17) is 20.3 Å². The van der Waals surface area contributed by atoms with Gasteiger partial charge in [-0.25, -0.2) is 0 Å². The Balaban J connectivity index is 0.00000103. The number of phenolic OH excluding ortho intramolecular Hbond substituents is 1. The molecule has 0 amide bonds. The van der Waals surface area contributed by atoms with Gasteiger partial charge in [-0.3, -0.25) is 10.1 Å². The molecule has 0 aliphatic rings. The van der Waals surface area contributed by atoms with Gasteiger partial charge in [0, 0.05) is 20.7 Å². The normalized spacial score (nSPS) is 10.4. The second-order valence-corrected chi connectivity index (χ2v) is 24.8. The van der Waals surface area contributed by atoms with Gasteiger partial charge >= 0.3 is 0 Å². The second-order valence-electron chi connectivity index (χ2n) is 24.8. The lowest BCUT2D eigenvalue weighted by atomic mass is 9.96. The number of non-ortho nitro benzene ring substituents is 1. The number of hydrogen-bond donors (Lipinski definition) is 2. The molecule has 9 aromatic carbocycles. The molecule has 9 aromatic rings. The number of aromatic hydroxyl groups is 1. The SMILES string of the molecule is CC(C)c1ccc(N)cc1.CC(C)c1ccc(O)cc1.CC(C)c1ccc(OCc2ccccc2)cc1.CC(C)c1ccc([N+](=O)[O-])cc1.CC(C)c1cccc2ccccc12.CC(C)c1ccccc1.CCCCC(C)C.COc1ccc(C(C)C)cc1.[HH].[HH]. The molecule has 7 heteroatoms. The molecule has 3 N–H and O–H groups in total. The molecule has 0 aliphatic carbocycles. The van der Waals surface area contributed by atoms with Gasteiger partial charge in [0.2, 0.25) is 0 Å². The van der Waals surface area contributed by atoms with Crippen molar-refractivity contribution >= 4 is 22.1 Å². The highest BCUT2D eigenvalue weighted by atomic mass is 16.6. The van der Waals surface area contributed by atoms with Crippen molar-refractivity contribution in [1.82, 2.24) is 0 Å². The van der Waals surface area contributed by atoms with Crippen LogP contribution in [-0.4, -0.2) is 17.1 Å². The Morgan fingerprint density at radius 3 is 1.19 bits per heavy atom. The summed E-state index contributed by atoms with van der Waals surface area (Å²) >= 11 is 0. The third-order valence-corrected chi connectivity index (χ3v) is 14.6. The van der Waals surface area contributed by atoms with Crippen LogP contribution in [0.5, 0.6) is 17.2 Å². The Kier molecular flexibility index (Phi) is 37.6. The van der Waals surface area contributed by atoms with Crippen LogP contribution in [0.25, 0.3) is 10.8 Å². The van der Waals surface area contributed by atoms with E-state index in [0.717, 1.165) is 28.7 Å². The van der Waals surface area contributed by atoms with Gasteiger partial charge in [-0.1, -0.05) is 301 Å². The molecular formula is C82H114N2O5. The average Bonchev–Trinajstić information content (AvgIpc) is 1.23. The van der Waals surface area contributed by atoms with E-state index in [1.807, 2.05) is 72.8 Å². The van der Waals surface area contributed by atoms with Gasteiger partial charge in [0.15, 0.2) is 0 Å². The molecule has 482 valence electrons. The molecule has 0 spiro atoms. The van der Waals surface area contributed by atoms with Crippen LogP contribution in [-0.2, 0) is 6.61 Å². The van der Waals surface area contributed by atoms with Crippen LogP contribution in [0.1, 0.15) is 226 Å². The van der Waals surface area contributed by atoms with Crippen molar-refractivity contribution in [1.29, 1.82) is 0 Å². The average molecular weight is 1210 g/mol. The van der Waals surface area contributed by atoms with E-state index in [0.29, 0.717) is 53.8 Å². The molecule has 0 unspecified atom stereocenters. The van der Waals surface area contributed by atoms with Gasteiger partial charge in [-0.05, 0) is 151 Å².